The molecule has 0 fully saturated rings. The molecule has 116 valence electrons. The molecule has 20 heavy (non-hydrogen) atoms. The summed E-state index contributed by atoms with van der Waals surface area (Å²) in [6.07, 6.45) is 3.68. The van der Waals surface area contributed by atoms with Crippen LogP contribution >= 0.6 is 0 Å². The topological polar surface area (TPSA) is 52.0 Å². The number of aromatic nitrogens is 3. The molecule has 5 heteroatoms. The molecule has 0 radical (unpaired) electrons. The van der Waals surface area contributed by atoms with Crippen molar-refractivity contribution >= 4 is 0 Å². The minimum Gasteiger partial charge on any atom is -0.384 e. The molecule has 1 rings (SSSR count). The van der Waals surface area contributed by atoms with Gasteiger partial charge in [-0.25, -0.2) is 9.67 Å². The molecule has 1 aromatic heterocycles. The number of ether oxygens (including phenoxy) is 1. The highest BCUT2D eigenvalue weighted by Gasteiger charge is 2.16. The van der Waals surface area contributed by atoms with Crippen LogP contribution in [-0.4, -0.2) is 41.1 Å². The van der Waals surface area contributed by atoms with Crippen LogP contribution in [0, 0.1) is 11.8 Å². The molecule has 0 amide bonds. The van der Waals surface area contributed by atoms with Crippen molar-refractivity contribution in [3.63, 3.8) is 0 Å². The number of nitrogens with one attached hydrogen (secondary N) is 1. The summed E-state index contributed by atoms with van der Waals surface area (Å²) < 4.78 is 7.27. The van der Waals surface area contributed by atoms with E-state index in [0.717, 1.165) is 38.4 Å². The van der Waals surface area contributed by atoms with Gasteiger partial charge in [0.2, 0.25) is 0 Å². The Morgan fingerprint density at radius 3 is 2.70 bits per heavy atom. The summed E-state index contributed by atoms with van der Waals surface area (Å²) in [4.78, 5) is 4.43. The lowest BCUT2D eigenvalue weighted by Crippen LogP contribution is -2.34. The van der Waals surface area contributed by atoms with E-state index in [0.29, 0.717) is 17.9 Å². The fourth-order valence-electron chi connectivity index (χ4n) is 2.53. The first kappa shape index (κ1) is 17.1. The maximum absolute atomic E-state index is 5.23. The third kappa shape index (κ3) is 6.01. The van der Waals surface area contributed by atoms with Crippen LogP contribution in [0.2, 0.25) is 0 Å². The van der Waals surface area contributed by atoms with Crippen LogP contribution in [0.25, 0.3) is 0 Å². The summed E-state index contributed by atoms with van der Waals surface area (Å²) in [5.74, 6) is 2.21. The summed E-state index contributed by atoms with van der Waals surface area (Å²) in [5.41, 5.74) is 0. The number of rotatable bonds is 10. The van der Waals surface area contributed by atoms with Crippen molar-refractivity contribution in [2.45, 2.75) is 53.1 Å². The Balaban J connectivity index is 2.62. The van der Waals surface area contributed by atoms with E-state index in [4.69, 9.17) is 4.74 Å². The van der Waals surface area contributed by atoms with Gasteiger partial charge in [0, 0.05) is 32.7 Å². The van der Waals surface area contributed by atoms with Crippen molar-refractivity contribution in [3.05, 3.63) is 12.2 Å². The van der Waals surface area contributed by atoms with E-state index in [1.165, 1.54) is 0 Å². The molecule has 2 unspecified atom stereocenters. The van der Waals surface area contributed by atoms with Crippen LogP contribution < -0.4 is 5.32 Å². The Bertz CT molecular complexity index is 365. The first-order valence-corrected chi connectivity index (χ1v) is 7.65. The molecule has 5 nitrogen and oxygen atoms in total. The van der Waals surface area contributed by atoms with E-state index in [9.17, 15) is 0 Å². The molecule has 0 saturated heterocycles. The Kier molecular flexibility index (Phi) is 7.77. The highest BCUT2D eigenvalue weighted by Crippen LogP contribution is 2.11. The lowest BCUT2D eigenvalue weighted by atomic mass is 9.99. The van der Waals surface area contributed by atoms with Gasteiger partial charge in [-0.3, -0.25) is 0 Å². The van der Waals surface area contributed by atoms with Gasteiger partial charge in [0.25, 0.3) is 0 Å². The summed E-state index contributed by atoms with van der Waals surface area (Å²) in [5, 5.41) is 7.89. The van der Waals surface area contributed by atoms with Crippen LogP contribution in [0.15, 0.2) is 6.33 Å². The normalized spacial score (nSPS) is 14.7. The predicted octanol–water partition coefficient (Wildman–Crippen LogP) is 2.13. The first-order chi connectivity index (χ1) is 9.56. The van der Waals surface area contributed by atoms with E-state index in [1.807, 2.05) is 4.68 Å². The first-order valence-electron chi connectivity index (χ1n) is 7.65. The summed E-state index contributed by atoms with van der Waals surface area (Å²) in [7, 11) is 1.76. The Labute approximate surface area is 123 Å². The molecule has 0 aromatic carbocycles. The number of methoxy groups -OCH3 is 1. The van der Waals surface area contributed by atoms with Gasteiger partial charge in [-0.1, -0.05) is 27.7 Å². The molecule has 0 aliphatic carbocycles. The Hall–Kier alpha value is -0.940. The predicted molar refractivity (Wildman–Crippen MR) is 81.7 cm³/mol. The molecule has 0 aliphatic heterocycles. The average molecular weight is 282 g/mol. The van der Waals surface area contributed by atoms with Gasteiger partial charge in [-0.2, -0.15) is 5.10 Å². The van der Waals surface area contributed by atoms with E-state index < -0.39 is 0 Å². The van der Waals surface area contributed by atoms with Gasteiger partial charge in [0.05, 0.1) is 0 Å². The van der Waals surface area contributed by atoms with E-state index in [1.54, 1.807) is 13.4 Å². The zero-order valence-corrected chi connectivity index (χ0v) is 13.6. The molecule has 0 aliphatic rings. The van der Waals surface area contributed by atoms with Gasteiger partial charge in [0.15, 0.2) is 0 Å². The molecular weight excluding hydrogens is 252 g/mol. The van der Waals surface area contributed by atoms with Crippen molar-refractivity contribution in [2.24, 2.45) is 11.8 Å². The van der Waals surface area contributed by atoms with Crippen molar-refractivity contribution in [3.8, 4) is 0 Å². The van der Waals surface area contributed by atoms with Crippen LogP contribution in [0.1, 0.15) is 39.9 Å². The smallest absolute Gasteiger partial charge is 0.138 e. The number of hydrogen-bond donors (Lipinski definition) is 1. The second-order valence-corrected chi connectivity index (χ2v) is 6.01. The lowest BCUT2D eigenvalue weighted by molar-refractivity contribution is 0.149. The number of hydrogen-bond acceptors (Lipinski definition) is 4. The highest BCUT2D eigenvalue weighted by molar-refractivity contribution is 4.90. The number of likely N-dealkylation sites (N-methyl/N-ethyl adjacent to an activating group) is 1. The monoisotopic (exact) mass is 282 g/mol. The van der Waals surface area contributed by atoms with Gasteiger partial charge in [0.1, 0.15) is 12.2 Å². The molecule has 2 atom stereocenters. The standard InChI is InChI=1S/C15H30N4O/c1-6-16-14(7-13(4)10-20-5)8-15-17-11-18-19(15)9-12(2)3/h11-14,16H,6-10H2,1-5H3. The van der Waals surface area contributed by atoms with Crippen molar-refractivity contribution in [1.82, 2.24) is 20.1 Å². The van der Waals surface area contributed by atoms with Crippen molar-refractivity contribution in [2.75, 3.05) is 20.3 Å². The molecule has 0 saturated carbocycles. The fourth-order valence-corrected chi connectivity index (χ4v) is 2.53. The number of nitrogens with zero attached hydrogens (tertiary/aromatic N) is 3. The molecule has 0 bridgehead atoms. The lowest BCUT2D eigenvalue weighted by Gasteiger charge is -2.21. The molecule has 0 spiro atoms. The van der Waals surface area contributed by atoms with E-state index >= 15 is 0 Å². The third-order valence-electron chi connectivity index (χ3n) is 3.29. The average Bonchev–Trinajstić information content (AvgIpc) is 2.76. The van der Waals surface area contributed by atoms with E-state index in [2.05, 4.69) is 43.1 Å². The highest BCUT2D eigenvalue weighted by atomic mass is 16.5. The van der Waals surface area contributed by atoms with Crippen LogP contribution in [-0.2, 0) is 17.7 Å². The fraction of sp³-hybridized carbons (Fsp3) is 0.867. The minimum absolute atomic E-state index is 0.431. The summed E-state index contributed by atoms with van der Waals surface area (Å²) in [6.45, 7) is 11.5. The largest absolute Gasteiger partial charge is 0.384 e. The zero-order chi connectivity index (χ0) is 15.0. The van der Waals surface area contributed by atoms with Crippen molar-refractivity contribution in [1.29, 1.82) is 0 Å². The third-order valence-corrected chi connectivity index (χ3v) is 3.29. The van der Waals surface area contributed by atoms with Gasteiger partial charge >= 0.3 is 0 Å². The van der Waals surface area contributed by atoms with Crippen LogP contribution in [0.5, 0.6) is 0 Å². The molecule has 1 heterocycles. The van der Waals surface area contributed by atoms with Gasteiger partial charge in [-0.05, 0) is 24.8 Å². The van der Waals surface area contributed by atoms with Crippen LogP contribution in [0.4, 0.5) is 0 Å². The zero-order valence-electron chi connectivity index (χ0n) is 13.6. The van der Waals surface area contributed by atoms with Crippen molar-refractivity contribution < 1.29 is 4.74 Å². The summed E-state index contributed by atoms with van der Waals surface area (Å²) in [6, 6.07) is 0.431. The van der Waals surface area contributed by atoms with Gasteiger partial charge in [-0.15, -0.1) is 0 Å². The van der Waals surface area contributed by atoms with Gasteiger partial charge < -0.3 is 10.1 Å². The molecule has 1 N–H and O–H groups in total. The van der Waals surface area contributed by atoms with E-state index in [-0.39, 0.29) is 0 Å². The second kappa shape index (κ2) is 9.08. The Morgan fingerprint density at radius 2 is 2.10 bits per heavy atom. The molecule has 1 aromatic rings. The Morgan fingerprint density at radius 1 is 1.35 bits per heavy atom. The SMILES string of the molecule is CCNC(Cc1ncnn1CC(C)C)CC(C)COC. The second-order valence-electron chi connectivity index (χ2n) is 6.01. The quantitative estimate of drug-likeness (QED) is 0.714. The maximum atomic E-state index is 5.23. The minimum atomic E-state index is 0.431. The van der Waals surface area contributed by atoms with Crippen LogP contribution in [0.3, 0.4) is 0 Å². The maximum Gasteiger partial charge on any atom is 0.138 e. The molecular formula is C15H30N4O. The summed E-state index contributed by atoms with van der Waals surface area (Å²) >= 11 is 0.